The molecular weight excluding hydrogens is 304 g/mol. The molecule has 24 heavy (non-hydrogen) atoms. The first-order chi connectivity index (χ1) is 11.8. The second-order valence-corrected chi connectivity index (χ2v) is 6.15. The predicted octanol–water partition coefficient (Wildman–Crippen LogP) is 3.59. The smallest absolute Gasteiger partial charge is 0.261 e. The average Bonchev–Trinajstić information content (AvgIpc) is 3.30. The minimum atomic E-state index is -0.00870. The fourth-order valence-electron chi connectivity index (χ4n) is 3.23. The lowest BCUT2D eigenvalue weighted by atomic mass is 10.1. The summed E-state index contributed by atoms with van der Waals surface area (Å²) in [6.07, 6.45) is 10.1. The number of hydrogen-bond donors (Lipinski definition) is 1. The minimum Gasteiger partial charge on any atom is -0.497 e. The zero-order valence-electron chi connectivity index (χ0n) is 13.4. The van der Waals surface area contributed by atoms with Gasteiger partial charge in [0, 0.05) is 17.9 Å². The molecule has 1 aromatic heterocycles. The van der Waals surface area contributed by atoms with Gasteiger partial charge in [-0.3, -0.25) is 4.79 Å². The number of benzene rings is 1. The van der Waals surface area contributed by atoms with Crippen LogP contribution in [0.3, 0.4) is 0 Å². The fraction of sp³-hybridized carbons (Fsp3) is 0.316. The van der Waals surface area contributed by atoms with Crippen LogP contribution < -0.4 is 10.2 Å². The van der Waals surface area contributed by atoms with Gasteiger partial charge in [-0.1, -0.05) is 0 Å². The highest BCUT2D eigenvalue weighted by molar-refractivity contribution is 6.07. The lowest BCUT2D eigenvalue weighted by molar-refractivity contribution is 0.0989. The van der Waals surface area contributed by atoms with E-state index in [2.05, 4.69) is 17.5 Å². The monoisotopic (exact) mass is 324 g/mol. The van der Waals surface area contributed by atoms with E-state index in [0.29, 0.717) is 12.1 Å². The molecule has 1 aromatic carbocycles. The summed E-state index contributed by atoms with van der Waals surface area (Å²) in [6, 6.07) is 7.88. The number of fused-ring (bicyclic) bond motifs is 1. The molecule has 2 aliphatic rings. The van der Waals surface area contributed by atoms with Gasteiger partial charge in [-0.25, -0.2) is 0 Å². The first-order valence-corrected chi connectivity index (χ1v) is 8.32. The average molecular weight is 324 g/mol. The molecule has 0 bridgehead atoms. The van der Waals surface area contributed by atoms with Crippen LogP contribution in [0.4, 0.5) is 11.4 Å². The summed E-state index contributed by atoms with van der Waals surface area (Å²) < 4.78 is 10.6. The number of rotatable bonds is 4. The van der Waals surface area contributed by atoms with Gasteiger partial charge < -0.3 is 19.4 Å². The van der Waals surface area contributed by atoms with Crippen LogP contribution in [0.1, 0.15) is 28.8 Å². The number of furan rings is 1. The molecule has 0 saturated heterocycles. The Labute approximate surface area is 140 Å². The number of nitrogens with zero attached hydrogens (tertiary/aromatic N) is 1. The van der Waals surface area contributed by atoms with E-state index >= 15 is 0 Å². The number of carbonyl (C=O) groups is 1. The number of carbonyl (C=O) groups excluding carboxylic acids is 1. The molecule has 2 aromatic rings. The number of allylic oxidation sites excluding steroid dienone is 1. The minimum absolute atomic E-state index is 0.00870. The highest BCUT2D eigenvalue weighted by Crippen LogP contribution is 2.31. The van der Waals surface area contributed by atoms with Crippen molar-refractivity contribution in [3.05, 3.63) is 60.3 Å². The summed E-state index contributed by atoms with van der Waals surface area (Å²) in [5.74, 6) is -0.00870. The third-order valence-corrected chi connectivity index (χ3v) is 4.54. The molecule has 0 fully saturated rings. The second-order valence-electron chi connectivity index (χ2n) is 6.15. The summed E-state index contributed by atoms with van der Waals surface area (Å²) in [7, 11) is 0. The Kier molecular flexibility index (Phi) is 3.99. The molecule has 3 heterocycles. The Bertz CT molecular complexity index is 752. The van der Waals surface area contributed by atoms with E-state index < -0.39 is 0 Å². The standard InChI is InChI=1S/C19H20N2O3/c22-19(15-7-10-23-13-15)21-8-6-14-11-16(4-5-18(14)21)20-12-17-3-1-2-9-24-17/h2,4-5,7,9-11,13,17,20H,1,3,6,8,12H2/t17-/m1/s1. The molecule has 1 N–H and O–H groups in total. The molecular formula is C19H20N2O3. The zero-order valence-corrected chi connectivity index (χ0v) is 13.4. The van der Waals surface area contributed by atoms with Crippen LogP contribution in [-0.2, 0) is 11.2 Å². The number of ether oxygens (including phenoxy) is 1. The molecule has 124 valence electrons. The lowest BCUT2D eigenvalue weighted by Gasteiger charge is -2.21. The molecule has 5 nitrogen and oxygen atoms in total. The largest absolute Gasteiger partial charge is 0.497 e. The van der Waals surface area contributed by atoms with Crippen molar-refractivity contribution in [3.8, 4) is 0 Å². The van der Waals surface area contributed by atoms with Crippen molar-refractivity contribution in [2.24, 2.45) is 0 Å². The predicted molar refractivity (Wildman–Crippen MR) is 92.3 cm³/mol. The van der Waals surface area contributed by atoms with E-state index in [0.717, 1.165) is 37.2 Å². The molecule has 2 aliphatic heterocycles. The summed E-state index contributed by atoms with van der Waals surface area (Å²) >= 11 is 0. The van der Waals surface area contributed by atoms with Gasteiger partial charge in [-0.05, 0) is 55.2 Å². The zero-order chi connectivity index (χ0) is 16.4. The molecule has 0 saturated carbocycles. The number of hydrogen-bond acceptors (Lipinski definition) is 4. The van der Waals surface area contributed by atoms with Crippen molar-refractivity contribution in [1.29, 1.82) is 0 Å². The van der Waals surface area contributed by atoms with E-state index in [-0.39, 0.29) is 12.0 Å². The van der Waals surface area contributed by atoms with Gasteiger partial charge in [-0.2, -0.15) is 0 Å². The second kappa shape index (κ2) is 6.43. The topological polar surface area (TPSA) is 54.7 Å². The van der Waals surface area contributed by atoms with Crippen molar-refractivity contribution in [3.63, 3.8) is 0 Å². The first kappa shape index (κ1) is 14.9. The number of anilines is 2. The number of nitrogens with one attached hydrogen (secondary N) is 1. The van der Waals surface area contributed by atoms with Crippen molar-refractivity contribution >= 4 is 17.3 Å². The molecule has 0 radical (unpaired) electrons. The Balaban J connectivity index is 1.44. The maximum absolute atomic E-state index is 12.5. The van der Waals surface area contributed by atoms with E-state index in [4.69, 9.17) is 9.15 Å². The Morgan fingerprint density at radius 1 is 1.33 bits per heavy atom. The normalized spacial score (nSPS) is 19.0. The van der Waals surface area contributed by atoms with Crippen LogP contribution in [0, 0.1) is 0 Å². The van der Waals surface area contributed by atoms with Crippen LogP contribution in [0.15, 0.2) is 53.5 Å². The molecule has 4 rings (SSSR count). The fourth-order valence-corrected chi connectivity index (χ4v) is 3.23. The SMILES string of the molecule is O=C(c1ccoc1)N1CCc2cc(NC[C@H]3CCC=CO3)ccc21. The Morgan fingerprint density at radius 2 is 2.29 bits per heavy atom. The summed E-state index contributed by atoms with van der Waals surface area (Å²) in [4.78, 5) is 14.3. The maximum atomic E-state index is 12.5. The number of amides is 1. The van der Waals surface area contributed by atoms with E-state index in [1.165, 1.54) is 18.1 Å². The Morgan fingerprint density at radius 3 is 3.08 bits per heavy atom. The maximum Gasteiger partial charge on any atom is 0.261 e. The van der Waals surface area contributed by atoms with Crippen LogP contribution in [0.5, 0.6) is 0 Å². The third kappa shape index (κ3) is 2.89. The van der Waals surface area contributed by atoms with E-state index in [1.54, 1.807) is 12.3 Å². The highest BCUT2D eigenvalue weighted by atomic mass is 16.5. The summed E-state index contributed by atoms with van der Waals surface area (Å²) in [5, 5.41) is 3.44. The first-order valence-electron chi connectivity index (χ1n) is 8.32. The lowest BCUT2D eigenvalue weighted by Crippen LogP contribution is -2.28. The van der Waals surface area contributed by atoms with Crippen molar-refractivity contribution in [2.75, 3.05) is 23.3 Å². The van der Waals surface area contributed by atoms with Gasteiger partial charge >= 0.3 is 0 Å². The van der Waals surface area contributed by atoms with Gasteiger partial charge in [0.1, 0.15) is 12.4 Å². The molecule has 0 aliphatic carbocycles. The van der Waals surface area contributed by atoms with Crippen LogP contribution >= 0.6 is 0 Å². The molecule has 1 amide bonds. The van der Waals surface area contributed by atoms with Crippen LogP contribution in [0.2, 0.25) is 0 Å². The summed E-state index contributed by atoms with van der Waals surface area (Å²) in [6.45, 7) is 1.50. The van der Waals surface area contributed by atoms with Crippen LogP contribution in [-0.4, -0.2) is 25.1 Å². The molecule has 1 atom stereocenters. The third-order valence-electron chi connectivity index (χ3n) is 4.54. The highest BCUT2D eigenvalue weighted by Gasteiger charge is 2.26. The Hall–Kier alpha value is -2.69. The van der Waals surface area contributed by atoms with Gasteiger partial charge in [0.25, 0.3) is 5.91 Å². The summed E-state index contributed by atoms with van der Waals surface area (Å²) in [5.41, 5.74) is 3.85. The van der Waals surface area contributed by atoms with Gasteiger partial charge in [0.05, 0.1) is 24.6 Å². The van der Waals surface area contributed by atoms with Gasteiger partial charge in [0.2, 0.25) is 0 Å². The quantitative estimate of drug-likeness (QED) is 0.934. The molecule has 0 spiro atoms. The van der Waals surface area contributed by atoms with E-state index in [1.807, 2.05) is 17.0 Å². The van der Waals surface area contributed by atoms with Crippen LogP contribution in [0.25, 0.3) is 0 Å². The molecule has 0 unspecified atom stereocenters. The van der Waals surface area contributed by atoms with Crippen molar-refractivity contribution in [1.82, 2.24) is 0 Å². The van der Waals surface area contributed by atoms with Crippen molar-refractivity contribution < 1.29 is 13.9 Å². The molecule has 5 heteroatoms. The van der Waals surface area contributed by atoms with Gasteiger partial charge in [0.15, 0.2) is 0 Å². The van der Waals surface area contributed by atoms with Crippen molar-refractivity contribution in [2.45, 2.75) is 25.4 Å². The van der Waals surface area contributed by atoms with E-state index in [9.17, 15) is 4.79 Å². The van der Waals surface area contributed by atoms with Gasteiger partial charge in [-0.15, -0.1) is 0 Å².